The van der Waals surface area contributed by atoms with Crippen LogP contribution in [0, 0.1) is 6.92 Å². The van der Waals surface area contributed by atoms with Crippen molar-refractivity contribution >= 4 is 49.3 Å². The van der Waals surface area contributed by atoms with Gasteiger partial charge in [0.15, 0.2) is 6.10 Å². The number of ether oxygens (including phenoxy) is 2. The molecule has 0 spiro atoms. The van der Waals surface area contributed by atoms with E-state index in [0.29, 0.717) is 12.2 Å². The Morgan fingerprint density at radius 3 is 2.67 bits per heavy atom. The van der Waals surface area contributed by atoms with E-state index in [1.54, 1.807) is 11.3 Å². The van der Waals surface area contributed by atoms with Gasteiger partial charge in [0, 0.05) is 52.7 Å². The molecule has 240 valence electrons. The molecule has 0 saturated carbocycles. The lowest BCUT2D eigenvalue weighted by molar-refractivity contribution is -0.160. The van der Waals surface area contributed by atoms with Crippen molar-refractivity contribution in [3.63, 3.8) is 0 Å². The van der Waals surface area contributed by atoms with Crippen molar-refractivity contribution in [1.82, 2.24) is 19.7 Å². The summed E-state index contributed by atoms with van der Waals surface area (Å²) in [6.07, 6.45) is 3.29. The average Bonchev–Trinajstić information content (AvgIpc) is 3.66. The van der Waals surface area contributed by atoms with Crippen LogP contribution in [0.3, 0.4) is 0 Å². The SMILES string of the molecule is Cc1cc2nc(-c3cccc(-c4ccc5c(cnn5C)c4)c3)sc2c(-c2ccc3c4c(ccnc24)CCO3)c1C(OC(C)(C)C)C(=O)O. The van der Waals surface area contributed by atoms with Gasteiger partial charge >= 0.3 is 5.97 Å². The first-order valence-electron chi connectivity index (χ1n) is 16.0. The Morgan fingerprint density at radius 1 is 1.04 bits per heavy atom. The first kappa shape index (κ1) is 30.2. The highest BCUT2D eigenvalue weighted by Gasteiger charge is 2.33. The van der Waals surface area contributed by atoms with Crippen molar-refractivity contribution in [2.24, 2.45) is 7.05 Å². The van der Waals surface area contributed by atoms with E-state index in [-0.39, 0.29) is 0 Å². The fourth-order valence-corrected chi connectivity index (χ4v) is 7.92. The number of carboxylic acid groups (broad SMARTS) is 1. The summed E-state index contributed by atoms with van der Waals surface area (Å²) < 4.78 is 15.1. The summed E-state index contributed by atoms with van der Waals surface area (Å²) in [6.45, 7) is 8.18. The molecule has 1 aliphatic rings. The number of benzene rings is 4. The van der Waals surface area contributed by atoms with Crippen LogP contribution in [-0.4, -0.2) is 43.0 Å². The number of hydrogen-bond donors (Lipinski definition) is 1. The summed E-state index contributed by atoms with van der Waals surface area (Å²) in [5.74, 6) is -0.253. The average molecular weight is 655 g/mol. The fourth-order valence-electron chi connectivity index (χ4n) is 6.80. The number of thiazole rings is 1. The Bertz CT molecular complexity index is 2410. The van der Waals surface area contributed by atoms with Crippen molar-refractivity contribution in [1.29, 1.82) is 0 Å². The largest absolute Gasteiger partial charge is 0.493 e. The summed E-state index contributed by atoms with van der Waals surface area (Å²) in [5.41, 5.74) is 9.29. The number of carbonyl (C=O) groups is 1. The first-order valence-corrected chi connectivity index (χ1v) is 16.8. The van der Waals surface area contributed by atoms with Crippen LogP contribution in [0.4, 0.5) is 0 Å². The number of carboxylic acids is 1. The van der Waals surface area contributed by atoms with Crippen LogP contribution in [0.5, 0.6) is 5.75 Å². The highest BCUT2D eigenvalue weighted by molar-refractivity contribution is 7.22. The second-order valence-corrected chi connectivity index (χ2v) is 14.3. The molecule has 9 heteroatoms. The molecule has 8 rings (SSSR count). The predicted molar refractivity (Wildman–Crippen MR) is 191 cm³/mol. The molecule has 0 bridgehead atoms. The van der Waals surface area contributed by atoms with Crippen LogP contribution in [0.25, 0.3) is 64.8 Å². The zero-order chi connectivity index (χ0) is 33.3. The number of aryl methyl sites for hydroxylation is 2. The van der Waals surface area contributed by atoms with Crippen LogP contribution >= 0.6 is 11.3 Å². The molecule has 0 amide bonds. The van der Waals surface area contributed by atoms with Gasteiger partial charge in [0.25, 0.3) is 0 Å². The highest BCUT2D eigenvalue weighted by atomic mass is 32.1. The van der Waals surface area contributed by atoms with Gasteiger partial charge in [0.1, 0.15) is 10.8 Å². The Morgan fingerprint density at radius 2 is 1.85 bits per heavy atom. The molecule has 4 heterocycles. The van der Waals surface area contributed by atoms with E-state index >= 15 is 0 Å². The van der Waals surface area contributed by atoms with E-state index in [9.17, 15) is 9.90 Å². The zero-order valence-electron chi connectivity index (χ0n) is 27.4. The minimum atomic E-state index is -1.21. The molecule has 1 aliphatic heterocycles. The third-order valence-corrected chi connectivity index (χ3v) is 10.1. The minimum absolute atomic E-state index is 0.609. The lowest BCUT2D eigenvalue weighted by Gasteiger charge is -2.28. The second-order valence-electron chi connectivity index (χ2n) is 13.3. The molecule has 7 aromatic rings. The van der Waals surface area contributed by atoms with Gasteiger partial charge in [-0.25, -0.2) is 9.78 Å². The van der Waals surface area contributed by atoms with Crippen LogP contribution < -0.4 is 4.74 Å². The van der Waals surface area contributed by atoms with Gasteiger partial charge < -0.3 is 14.6 Å². The summed E-state index contributed by atoms with van der Waals surface area (Å²) in [6, 6.07) is 22.8. The van der Waals surface area contributed by atoms with Crippen LogP contribution in [0.1, 0.15) is 43.6 Å². The summed E-state index contributed by atoms with van der Waals surface area (Å²) in [5, 5.41) is 17.9. The minimum Gasteiger partial charge on any atom is -0.493 e. The van der Waals surface area contributed by atoms with E-state index < -0.39 is 17.7 Å². The molecule has 0 fully saturated rings. The number of nitrogens with zero attached hydrogens (tertiary/aromatic N) is 4. The first-order chi connectivity index (χ1) is 23.1. The van der Waals surface area contributed by atoms with Crippen molar-refractivity contribution in [3.05, 3.63) is 95.8 Å². The third-order valence-electron chi connectivity index (χ3n) is 8.91. The maximum absolute atomic E-state index is 13.0. The van der Waals surface area contributed by atoms with E-state index in [4.69, 9.17) is 19.4 Å². The molecular formula is C39H34N4O4S. The molecule has 0 saturated heterocycles. The molecule has 8 nitrogen and oxygen atoms in total. The Labute approximate surface area is 281 Å². The number of aromatic nitrogens is 4. The van der Waals surface area contributed by atoms with Crippen molar-refractivity contribution in [2.75, 3.05) is 6.61 Å². The Hall–Kier alpha value is -5.12. The van der Waals surface area contributed by atoms with Crippen LogP contribution in [0.15, 0.2) is 79.1 Å². The predicted octanol–water partition coefficient (Wildman–Crippen LogP) is 8.92. The zero-order valence-corrected chi connectivity index (χ0v) is 28.2. The number of fused-ring (bicyclic) bond motifs is 2. The molecule has 1 atom stereocenters. The summed E-state index contributed by atoms with van der Waals surface area (Å²) >= 11 is 1.56. The smallest absolute Gasteiger partial charge is 0.337 e. The van der Waals surface area contributed by atoms with E-state index in [1.807, 2.05) is 76.1 Å². The topological polar surface area (TPSA) is 99.4 Å². The van der Waals surface area contributed by atoms with Gasteiger partial charge in [0.2, 0.25) is 0 Å². The maximum atomic E-state index is 13.0. The van der Waals surface area contributed by atoms with Crippen LogP contribution in [0.2, 0.25) is 0 Å². The highest BCUT2D eigenvalue weighted by Crippen LogP contribution is 2.47. The number of hydrogen-bond acceptors (Lipinski definition) is 7. The van der Waals surface area contributed by atoms with Crippen LogP contribution in [-0.2, 0) is 23.0 Å². The Balaban J connectivity index is 1.36. The quantitative estimate of drug-likeness (QED) is 0.191. The number of pyridine rings is 1. The van der Waals surface area contributed by atoms with Crippen molar-refractivity contribution in [2.45, 2.75) is 45.8 Å². The normalized spacial score (nSPS) is 13.7. The third kappa shape index (κ3) is 5.10. The van der Waals surface area contributed by atoms with E-state index in [2.05, 4.69) is 47.6 Å². The molecule has 0 aliphatic carbocycles. The van der Waals surface area contributed by atoms with Crippen molar-refractivity contribution in [3.8, 4) is 38.6 Å². The van der Waals surface area contributed by atoms with Gasteiger partial charge in [-0.05, 0) is 92.4 Å². The monoisotopic (exact) mass is 654 g/mol. The van der Waals surface area contributed by atoms with Gasteiger partial charge in [0.05, 0.1) is 39.7 Å². The number of aliphatic carboxylic acids is 1. The van der Waals surface area contributed by atoms with Gasteiger partial charge in [-0.1, -0.05) is 24.3 Å². The molecule has 48 heavy (non-hydrogen) atoms. The fraction of sp³-hybridized carbons (Fsp3) is 0.231. The number of rotatable bonds is 6. The molecular weight excluding hydrogens is 621 g/mol. The molecule has 1 N–H and O–H groups in total. The van der Waals surface area contributed by atoms with E-state index in [1.165, 1.54) is 5.56 Å². The van der Waals surface area contributed by atoms with Gasteiger partial charge in [-0.15, -0.1) is 11.3 Å². The maximum Gasteiger partial charge on any atom is 0.337 e. The molecule has 0 radical (unpaired) electrons. The second kappa shape index (κ2) is 11.2. The van der Waals surface area contributed by atoms with E-state index in [0.717, 1.165) is 82.6 Å². The summed E-state index contributed by atoms with van der Waals surface area (Å²) in [4.78, 5) is 23.0. The standard InChI is InChI=1S/C39H34N4O4S/c1-21-17-28-36(48-37(42-28)25-8-6-7-23(18-25)24-9-11-29-26(19-24)20-41-43(29)5)33(31(21)35(38(44)45)47-39(2,3)4)27-10-12-30-32-22(14-16-46-30)13-15-40-34(27)32/h6-13,15,17-20,35H,14,16H2,1-5H3,(H,44,45). The van der Waals surface area contributed by atoms with Gasteiger partial charge in [-0.3, -0.25) is 9.67 Å². The molecule has 3 aromatic heterocycles. The van der Waals surface area contributed by atoms with Crippen molar-refractivity contribution < 1.29 is 19.4 Å². The molecule has 1 unspecified atom stereocenters. The van der Waals surface area contributed by atoms with Gasteiger partial charge in [-0.2, -0.15) is 5.10 Å². The Kier molecular flexibility index (Phi) is 7.08. The summed E-state index contributed by atoms with van der Waals surface area (Å²) in [7, 11) is 1.94. The lowest BCUT2D eigenvalue weighted by Crippen LogP contribution is -2.28. The lowest BCUT2D eigenvalue weighted by atomic mass is 9.89. The molecule has 4 aromatic carbocycles.